The molecule has 0 aliphatic carbocycles. The van der Waals surface area contributed by atoms with Gasteiger partial charge in [0.2, 0.25) is 0 Å². The molecule has 3 N–H and O–H groups in total. The van der Waals surface area contributed by atoms with Crippen LogP contribution in [0, 0.1) is 18.3 Å². The molecule has 2 amide bonds. The SMILES string of the molecule is CCN(C(=O)C(C#N)=Cc1cccc(C(C)OC(=O)NC(Cc2ccc(C)cc2)B(O)O)c1)C1CCOCC1. The van der Waals surface area contributed by atoms with E-state index in [1.54, 1.807) is 42.2 Å². The molecule has 1 fully saturated rings. The predicted octanol–water partition coefficient (Wildman–Crippen LogP) is 3.34. The molecule has 2 aromatic carbocycles. The third-order valence-electron chi connectivity index (χ3n) is 6.80. The molecule has 2 unspecified atom stereocenters. The van der Waals surface area contributed by atoms with Crippen molar-refractivity contribution in [3.63, 3.8) is 0 Å². The first-order chi connectivity index (χ1) is 18.7. The van der Waals surface area contributed by atoms with Crippen molar-refractivity contribution >= 4 is 25.2 Å². The van der Waals surface area contributed by atoms with Crippen molar-refractivity contribution in [2.45, 2.75) is 58.1 Å². The highest BCUT2D eigenvalue weighted by atomic mass is 16.6. The van der Waals surface area contributed by atoms with Gasteiger partial charge < -0.3 is 29.7 Å². The normalized spacial score (nSPS) is 15.5. The summed E-state index contributed by atoms with van der Waals surface area (Å²) >= 11 is 0. The second-order valence-electron chi connectivity index (χ2n) is 9.68. The van der Waals surface area contributed by atoms with E-state index >= 15 is 0 Å². The lowest BCUT2D eigenvalue weighted by molar-refractivity contribution is -0.130. The maximum absolute atomic E-state index is 13.2. The topological polar surface area (TPSA) is 132 Å². The van der Waals surface area contributed by atoms with Gasteiger partial charge in [-0.05, 0) is 68.9 Å². The number of hydrogen-bond acceptors (Lipinski definition) is 7. The number of amides is 2. The van der Waals surface area contributed by atoms with Crippen molar-refractivity contribution in [3.8, 4) is 6.07 Å². The minimum absolute atomic E-state index is 0.0303. The van der Waals surface area contributed by atoms with Gasteiger partial charge in [-0.3, -0.25) is 4.79 Å². The van der Waals surface area contributed by atoms with Crippen LogP contribution in [0.5, 0.6) is 0 Å². The molecular weight excluding hydrogens is 497 g/mol. The monoisotopic (exact) mass is 533 g/mol. The summed E-state index contributed by atoms with van der Waals surface area (Å²) in [4.78, 5) is 27.4. The molecule has 0 spiro atoms. The maximum atomic E-state index is 13.2. The molecule has 39 heavy (non-hydrogen) atoms. The van der Waals surface area contributed by atoms with Gasteiger partial charge in [0.1, 0.15) is 17.7 Å². The number of carbonyl (C=O) groups excluding carboxylic acids is 2. The smallest absolute Gasteiger partial charge is 0.442 e. The van der Waals surface area contributed by atoms with E-state index in [0.717, 1.165) is 24.0 Å². The first-order valence-electron chi connectivity index (χ1n) is 13.2. The first kappa shape index (κ1) is 29.9. The van der Waals surface area contributed by atoms with Crippen LogP contribution < -0.4 is 5.32 Å². The van der Waals surface area contributed by atoms with Gasteiger partial charge in [-0.1, -0.05) is 48.0 Å². The fourth-order valence-electron chi connectivity index (χ4n) is 4.55. The van der Waals surface area contributed by atoms with E-state index in [4.69, 9.17) is 9.47 Å². The number of carbonyl (C=O) groups is 2. The summed E-state index contributed by atoms with van der Waals surface area (Å²) in [6.45, 7) is 7.22. The molecule has 0 radical (unpaired) electrons. The number of likely N-dealkylation sites (N-methyl/N-ethyl adjacent to an activating group) is 1. The van der Waals surface area contributed by atoms with E-state index in [9.17, 15) is 24.9 Å². The number of nitrogens with zero attached hydrogens (tertiary/aromatic N) is 2. The van der Waals surface area contributed by atoms with Crippen molar-refractivity contribution in [3.05, 3.63) is 76.4 Å². The quantitative estimate of drug-likeness (QED) is 0.243. The number of alkyl carbamates (subject to hydrolysis) is 1. The third-order valence-corrected chi connectivity index (χ3v) is 6.80. The zero-order chi connectivity index (χ0) is 28.4. The van der Waals surface area contributed by atoms with Crippen LogP contribution in [0.25, 0.3) is 6.08 Å². The maximum Gasteiger partial charge on any atom is 0.475 e. The van der Waals surface area contributed by atoms with Crippen molar-refractivity contribution in [2.75, 3.05) is 19.8 Å². The van der Waals surface area contributed by atoms with Gasteiger partial charge in [0.25, 0.3) is 5.91 Å². The molecule has 1 heterocycles. The number of aryl methyl sites for hydroxylation is 1. The lowest BCUT2D eigenvalue weighted by Gasteiger charge is -2.33. The molecule has 0 bridgehead atoms. The van der Waals surface area contributed by atoms with Crippen LogP contribution in [0.4, 0.5) is 4.79 Å². The highest BCUT2D eigenvalue weighted by Gasteiger charge is 2.28. The first-order valence-corrected chi connectivity index (χ1v) is 13.2. The molecule has 0 aromatic heterocycles. The summed E-state index contributed by atoms with van der Waals surface area (Å²) in [5, 5.41) is 31.8. The Kier molecular flexibility index (Phi) is 11.1. The largest absolute Gasteiger partial charge is 0.475 e. The lowest BCUT2D eigenvalue weighted by atomic mass is 9.76. The summed E-state index contributed by atoms with van der Waals surface area (Å²) in [6, 6.07) is 16.7. The molecule has 1 aliphatic heterocycles. The van der Waals surface area contributed by atoms with Gasteiger partial charge in [-0.15, -0.1) is 0 Å². The van der Waals surface area contributed by atoms with Crippen LogP contribution in [-0.2, 0) is 20.7 Å². The third kappa shape index (κ3) is 8.68. The van der Waals surface area contributed by atoms with Gasteiger partial charge in [0, 0.05) is 25.8 Å². The van der Waals surface area contributed by atoms with Crippen LogP contribution in [0.3, 0.4) is 0 Å². The summed E-state index contributed by atoms with van der Waals surface area (Å²) in [5.41, 5.74) is 3.22. The number of ether oxygens (including phenoxy) is 2. The minimum atomic E-state index is -1.77. The van der Waals surface area contributed by atoms with Crippen LogP contribution in [-0.4, -0.2) is 65.8 Å². The second kappa shape index (κ2) is 14.5. The molecule has 3 rings (SSSR count). The molecule has 9 nitrogen and oxygen atoms in total. The molecule has 206 valence electrons. The minimum Gasteiger partial charge on any atom is -0.442 e. The van der Waals surface area contributed by atoms with E-state index in [0.29, 0.717) is 30.9 Å². The van der Waals surface area contributed by atoms with E-state index < -0.39 is 25.3 Å². The lowest BCUT2D eigenvalue weighted by Crippen LogP contribution is -2.48. The fourth-order valence-corrected chi connectivity index (χ4v) is 4.55. The van der Waals surface area contributed by atoms with Crippen molar-refractivity contribution in [1.82, 2.24) is 10.2 Å². The Morgan fingerprint density at radius 1 is 1.23 bits per heavy atom. The molecule has 2 atom stereocenters. The Labute approximate surface area is 230 Å². The van der Waals surface area contributed by atoms with Crippen LogP contribution >= 0.6 is 0 Å². The Morgan fingerprint density at radius 3 is 2.54 bits per heavy atom. The number of nitriles is 1. The van der Waals surface area contributed by atoms with Gasteiger partial charge in [0.15, 0.2) is 0 Å². The van der Waals surface area contributed by atoms with Crippen LogP contribution in [0.15, 0.2) is 54.1 Å². The summed E-state index contributed by atoms with van der Waals surface area (Å²) in [5.74, 6) is -1.27. The summed E-state index contributed by atoms with van der Waals surface area (Å²) in [6.07, 6.45) is 1.77. The number of hydrogen-bond donors (Lipinski definition) is 3. The zero-order valence-electron chi connectivity index (χ0n) is 22.7. The molecule has 10 heteroatoms. The average Bonchev–Trinajstić information content (AvgIpc) is 2.93. The van der Waals surface area contributed by atoms with Crippen LogP contribution in [0.2, 0.25) is 0 Å². The van der Waals surface area contributed by atoms with E-state index in [1.165, 1.54) is 0 Å². The number of nitrogens with one attached hydrogen (secondary N) is 1. The summed E-state index contributed by atoms with van der Waals surface area (Å²) < 4.78 is 10.9. The standard InChI is InChI=1S/C29H36BN3O6/c1-4-33(26-12-14-38-15-13-26)28(34)25(19-31)17-23-6-5-7-24(16-23)21(3)39-29(35)32-27(30(36)37)18-22-10-8-20(2)9-11-22/h5-11,16-17,21,26-27,36-37H,4,12-15,18H2,1-3H3,(H,32,35). The number of benzene rings is 2. The highest BCUT2D eigenvalue weighted by Crippen LogP contribution is 2.22. The van der Waals surface area contributed by atoms with Gasteiger partial charge in [0.05, 0.1) is 5.94 Å². The zero-order valence-corrected chi connectivity index (χ0v) is 22.7. The van der Waals surface area contributed by atoms with E-state index in [2.05, 4.69) is 5.32 Å². The van der Waals surface area contributed by atoms with Gasteiger partial charge >= 0.3 is 13.2 Å². The Bertz CT molecular complexity index is 1190. The molecule has 0 saturated carbocycles. The van der Waals surface area contributed by atoms with Gasteiger partial charge in [-0.25, -0.2) is 4.79 Å². The van der Waals surface area contributed by atoms with E-state index in [-0.39, 0.29) is 23.9 Å². The highest BCUT2D eigenvalue weighted by molar-refractivity contribution is 6.43. The Hall–Kier alpha value is -3.65. The molecule has 2 aromatic rings. The summed E-state index contributed by atoms with van der Waals surface area (Å²) in [7, 11) is -1.77. The van der Waals surface area contributed by atoms with Crippen molar-refractivity contribution in [2.24, 2.45) is 0 Å². The fraction of sp³-hybridized carbons (Fsp3) is 0.414. The Morgan fingerprint density at radius 2 is 1.92 bits per heavy atom. The van der Waals surface area contributed by atoms with Crippen LogP contribution in [0.1, 0.15) is 55.0 Å². The van der Waals surface area contributed by atoms with E-state index in [1.807, 2.05) is 44.2 Å². The molecule has 1 aliphatic rings. The van der Waals surface area contributed by atoms with Crippen molar-refractivity contribution in [1.29, 1.82) is 5.26 Å². The predicted molar refractivity (Wildman–Crippen MR) is 148 cm³/mol. The number of rotatable bonds is 10. The van der Waals surface area contributed by atoms with Crippen molar-refractivity contribution < 1.29 is 29.1 Å². The molecular formula is C29H36BN3O6. The van der Waals surface area contributed by atoms with Gasteiger partial charge in [-0.2, -0.15) is 5.26 Å². The Balaban J connectivity index is 1.67. The average molecular weight is 533 g/mol. The second-order valence-corrected chi connectivity index (χ2v) is 9.68. The molecule has 1 saturated heterocycles.